The van der Waals surface area contributed by atoms with Crippen molar-refractivity contribution in [3.63, 3.8) is 0 Å². The van der Waals surface area contributed by atoms with Gasteiger partial charge in [0, 0.05) is 36.5 Å². The maximum Gasteiger partial charge on any atom is 0.308 e. The molecule has 1 aromatic rings. The number of benzene rings is 1. The Morgan fingerprint density at radius 1 is 1.42 bits per heavy atom. The van der Waals surface area contributed by atoms with Crippen molar-refractivity contribution in [3.05, 3.63) is 24.3 Å². The van der Waals surface area contributed by atoms with Crippen LogP contribution >= 0.6 is 0 Å². The smallest absolute Gasteiger partial charge is 0.308 e. The van der Waals surface area contributed by atoms with Gasteiger partial charge in [-0.05, 0) is 12.1 Å². The molecular formula is C8H8NaO3. The monoisotopic (exact) mass is 175 g/mol. The molecule has 0 heterocycles. The van der Waals surface area contributed by atoms with Crippen molar-refractivity contribution in [3.8, 4) is 11.5 Å². The largest absolute Gasteiger partial charge is 0.504 e. The first-order valence-corrected chi connectivity index (χ1v) is 3.16. The van der Waals surface area contributed by atoms with E-state index in [2.05, 4.69) is 4.74 Å². The van der Waals surface area contributed by atoms with Crippen LogP contribution < -0.4 is 4.74 Å². The predicted octanol–water partition coefficient (Wildman–Crippen LogP) is 0.937. The third kappa shape index (κ3) is 3.26. The minimum atomic E-state index is -0.438. The molecule has 0 saturated carbocycles. The van der Waals surface area contributed by atoms with E-state index < -0.39 is 5.97 Å². The molecule has 0 aliphatic carbocycles. The molecule has 1 N–H and O–H groups in total. The minimum absolute atomic E-state index is 0. The van der Waals surface area contributed by atoms with Crippen molar-refractivity contribution in [2.45, 2.75) is 6.92 Å². The molecule has 12 heavy (non-hydrogen) atoms. The Morgan fingerprint density at radius 3 is 2.50 bits per heavy atom. The van der Waals surface area contributed by atoms with Crippen LogP contribution in [0.3, 0.4) is 0 Å². The maximum atomic E-state index is 10.4. The zero-order chi connectivity index (χ0) is 8.27. The summed E-state index contributed by atoms with van der Waals surface area (Å²) in [6.45, 7) is 1.28. The molecule has 0 spiro atoms. The number of phenolic OH excluding ortho intramolecular Hbond substituents is 1. The second kappa shape index (κ2) is 5.19. The fourth-order valence-corrected chi connectivity index (χ4v) is 0.698. The number of esters is 1. The Balaban J connectivity index is 0.00000121. The number of hydrogen-bond donors (Lipinski definition) is 1. The van der Waals surface area contributed by atoms with Crippen molar-refractivity contribution in [1.82, 2.24) is 0 Å². The van der Waals surface area contributed by atoms with Crippen LogP contribution in [0.15, 0.2) is 24.3 Å². The van der Waals surface area contributed by atoms with Crippen LogP contribution in [0.2, 0.25) is 0 Å². The first-order valence-electron chi connectivity index (χ1n) is 3.16. The van der Waals surface area contributed by atoms with Crippen LogP contribution in [0, 0.1) is 0 Å². The van der Waals surface area contributed by atoms with Crippen LogP contribution in [0.1, 0.15) is 6.92 Å². The molecule has 0 bridgehead atoms. The fourth-order valence-electron chi connectivity index (χ4n) is 0.698. The minimum Gasteiger partial charge on any atom is -0.504 e. The summed E-state index contributed by atoms with van der Waals surface area (Å²) in [7, 11) is 0. The van der Waals surface area contributed by atoms with E-state index in [1.807, 2.05) is 0 Å². The van der Waals surface area contributed by atoms with Gasteiger partial charge in [-0.1, -0.05) is 12.1 Å². The second-order valence-corrected chi connectivity index (χ2v) is 2.06. The van der Waals surface area contributed by atoms with Crippen LogP contribution in [-0.4, -0.2) is 40.6 Å². The molecule has 0 fully saturated rings. The number of rotatable bonds is 1. The summed E-state index contributed by atoms with van der Waals surface area (Å²) in [4.78, 5) is 10.4. The topological polar surface area (TPSA) is 46.5 Å². The summed E-state index contributed by atoms with van der Waals surface area (Å²) >= 11 is 0. The molecule has 1 rings (SSSR count). The molecule has 0 aliphatic rings. The quantitative estimate of drug-likeness (QED) is 0.392. The Labute approximate surface area is 92.6 Å². The van der Waals surface area contributed by atoms with Crippen molar-refractivity contribution in [2.75, 3.05) is 0 Å². The number of hydrogen-bond acceptors (Lipinski definition) is 3. The molecule has 59 valence electrons. The predicted molar refractivity (Wildman–Crippen MR) is 45.2 cm³/mol. The van der Waals surface area contributed by atoms with E-state index in [1.54, 1.807) is 12.1 Å². The van der Waals surface area contributed by atoms with Crippen LogP contribution in [0.5, 0.6) is 11.5 Å². The Morgan fingerprint density at radius 2 is 2.00 bits per heavy atom. The van der Waals surface area contributed by atoms with Crippen molar-refractivity contribution in [1.29, 1.82) is 0 Å². The molecule has 1 radical (unpaired) electrons. The number of carbonyl (C=O) groups is 1. The van der Waals surface area contributed by atoms with Crippen molar-refractivity contribution >= 4 is 35.5 Å². The number of carbonyl (C=O) groups excluding carboxylic acids is 1. The summed E-state index contributed by atoms with van der Waals surface area (Å²) in [5.74, 6) is -0.269. The standard InChI is InChI=1S/C8H8O3.Na/c1-6(9)11-8-5-3-2-4-7(8)10;/h2-5,10H,1H3;. The first kappa shape index (κ1) is 11.5. The van der Waals surface area contributed by atoms with Crippen LogP contribution in [0.4, 0.5) is 0 Å². The fraction of sp³-hybridized carbons (Fsp3) is 0.125. The van der Waals surface area contributed by atoms with Gasteiger partial charge in [0.1, 0.15) is 0 Å². The molecule has 0 saturated heterocycles. The van der Waals surface area contributed by atoms with E-state index in [0.29, 0.717) is 0 Å². The van der Waals surface area contributed by atoms with E-state index in [4.69, 9.17) is 5.11 Å². The van der Waals surface area contributed by atoms with Gasteiger partial charge in [0.05, 0.1) is 0 Å². The normalized spacial score (nSPS) is 8.42. The third-order valence-electron chi connectivity index (χ3n) is 1.12. The van der Waals surface area contributed by atoms with Gasteiger partial charge in [-0.15, -0.1) is 0 Å². The molecule has 4 heteroatoms. The molecule has 0 atom stereocenters. The number of aromatic hydroxyl groups is 1. The second-order valence-electron chi connectivity index (χ2n) is 2.06. The van der Waals surface area contributed by atoms with E-state index in [9.17, 15) is 4.79 Å². The molecule has 0 aliphatic heterocycles. The number of phenols is 1. The summed E-state index contributed by atoms with van der Waals surface area (Å²) < 4.78 is 4.66. The Hall–Kier alpha value is -0.510. The van der Waals surface area contributed by atoms with E-state index >= 15 is 0 Å². The summed E-state index contributed by atoms with van der Waals surface area (Å²) in [5, 5.41) is 9.08. The van der Waals surface area contributed by atoms with Crippen LogP contribution in [0.25, 0.3) is 0 Å². The third-order valence-corrected chi connectivity index (χ3v) is 1.12. The average Bonchev–Trinajstić information content (AvgIpc) is 1.93. The van der Waals surface area contributed by atoms with E-state index in [1.165, 1.54) is 19.1 Å². The van der Waals surface area contributed by atoms with Gasteiger partial charge < -0.3 is 9.84 Å². The molecule has 0 amide bonds. The summed E-state index contributed by atoms with van der Waals surface area (Å²) in [6, 6.07) is 6.31. The zero-order valence-electron chi connectivity index (χ0n) is 7.07. The van der Waals surface area contributed by atoms with Crippen LogP contribution in [-0.2, 0) is 4.79 Å². The van der Waals surface area contributed by atoms with Gasteiger partial charge in [-0.3, -0.25) is 4.79 Å². The molecule has 0 aromatic heterocycles. The van der Waals surface area contributed by atoms with E-state index in [-0.39, 0.29) is 41.1 Å². The van der Waals surface area contributed by atoms with Crippen molar-refractivity contribution < 1.29 is 14.6 Å². The maximum absolute atomic E-state index is 10.4. The molecular weight excluding hydrogens is 167 g/mol. The average molecular weight is 175 g/mol. The van der Waals surface area contributed by atoms with Gasteiger partial charge in [0.15, 0.2) is 11.5 Å². The SMILES string of the molecule is CC(=O)Oc1ccccc1O.[Na]. The summed E-state index contributed by atoms with van der Waals surface area (Å²) in [6.07, 6.45) is 0. The Bertz CT molecular complexity index is 273. The van der Waals surface area contributed by atoms with Gasteiger partial charge in [-0.2, -0.15) is 0 Å². The van der Waals surface area contributed by atoms with Gasteiger partial charge in [-0.25, -0.2) is 0 Å². The van der Waals surface area contributed by atoms with Gasteiger partial charge >= 0.3 is 5.97 Å². The molecule has 0 unspecified atom stereocenters. The summed E-state index contributed by atoms with van der Waals surface area (Å²) in [5.41, 5.74) is 0. The zero-order valence-corrected chi connectivity index (χ0v) is 9.07. The molecule has 3 nitrogen and oxygen atoms in total. The van der Waals surface area contributed by atoms with Crippen molar-refractivity contribution in [2.24, 2.45) is 0 Å². The number of para-hydroxylation sites is 2. The van der Waals surface area contributed by atoms with Gasteiger partial charge in [0.25, 0.3) is 0 Å². The first-order chi connectivity index (χ1) is 5.20. The van der Waals surface area contributed by atoms with E-state index in [0.717, 1.165) is 0 Å². The van der Waals surface area contributed by atoms with Gasteiger partial charge in [0.2, 0.25) is 0 Å². The molecule has 1 aromatic carbocycles. The number of ether oxygens (including phenoxy) is 1. The Kier molecular flexibility index (Phi) is 4.97.